The lowest BCUT2D eigenvalue weighted by molar-refractivity contribution is 0.131. The lowest BCUT2D eigenvalue weighted by Crippen LogP contribution is -2.22. The second-order valence-corrected chi connectivity index (χ2v) is 6.64. The average molecular weight is 346 g/mol. The van der Waals surface area contributed by atoms with Crippen LogP contribution in [0.5, 0.6) is 17.2 Å². The van der Waals surface area contributed by atoms with E-state index in [9.17, 15) is 4.79 Å². The molecule has 0 aliphatic heterocycles. The van der Waals surface area contributed by atoms with Crippen LogP contribution in [0.15, 0.2) is 39.6 Å². The van der Waals surface area contributed by atoms with Crippen LogP contribution in [-0.4, -0.2) is 19.3 Å². The molecule has 1 aromatic heterocycles. The molecule has 1 heterocycles. The van der Waals surface area contributed by atoms with Gasteiger partial charge in [-0.05, 0) is 45.7 Å². The van der Waals surface area contributed by atoms with Crippen LogP contribution < -0.4 is 19.8 Å². The zero-order valence-corrected chi connectivity index (χ0v) is 15.5. The molecule has 136 valence electrons. The summed E-state index contributed by atoms with van der Waals surface area (Å²) in [6, 6.07) is 5.35. The molecule has 1 aromatic carbocycles. The van der Waals surface area contributed by atoms with Gasteiger partial charge in [0, 0.05) is 6.07 Å². The summed E-state index contributed by atoms with van der Waals surface area (Å²) in [5.41, 5.74) is -0.501. The summed E-state index contributed by atoms with van der Waals surface area (Å²) in [6.45, 7) is 8.40. The molecule has 2 rings (SSSR count). The first kappa shape index (κ1) is 18.9. The summed E-state index contributed by atoms with van der Waals surface area (Å²) < 4.78 is 22.2. The van der Waals surface area contributed by atoms with E-state index in [0.29, 0.717) is 29.1 Å². The van der Waals surface area contributed by atoms with Crippen LogP contribution in [0.2, 0.25) is 0 Å². The molecule has 25 heavy (non-hydrogen) atoms. The molecule has 0 N–H and O–H groups in total. The number of methoxy groups -OCH3 is 1. The van der Waals surface area contributed by atoms with Gasteiger partial charge in [0.05, 0.1) is 19.1 Å². The summed E-state index contributed by atoms with van der Waals surface area (Å²) in [5.74, 6) is 1.11. The standard InChI is InChI=1S/C20H26O5/c1-6-7-8-9-12-23-17-15-11-10-14(25-20(2,3)4)13-16(15)24-19(21)18(17)22-5/h7-8,10-11,13H,6,9,12H2,1-5H3. The van der Waals surface area contributed by atoms with Crippen molar-refractivity contribution in [2.45, 2.75) is 46.1 Å². The number of allylic oxidation sites excluding steroid dienone is 1. The maximum Gasteiger partial charge on any atom is 0.383 e. The Morgan fingerprint density at radius 3 is 2.56 bits per heavy atom. The van der Waals surface area contributed by atoms with Gasteiger partial charge < -0.3 is 18.6 Å². The Morgan fingerprint density at radius 1 is 1.16 bits per heavy atom. The SMILES string of the molecule is CCC=CCCOc1c(OC)c(=O)oc2cc(OC(C)(C)C)ccc12. The van der Waals surface area contributed by atoms with E-state index in [1.165, 1.54) is 7.11 Å². The quantitative estimate of drug-likeness (QED) is 0.413. The minimum absolute atomic E-state index is 0.0801. The molecule has 0 spiro atoms. The Balaban J connectivity index is 2.39. The molecule has 0 unspecified atom stereocenters. The van der Waals surface area contributed by atoms with Gasteiger partial charge in [0.1, 0.15) is 16.9 Å². The molecule has 0 aliphatic carbocycles. The van der Waals surface area contributed by atoms with Crippen molar-refractivity contribution in [1.82, 2.24) is 0 Å². The highest BCUT2D eigenvalue weighted by Crippen LogP contribution is 2.35. The number of hydrogen-bond donors (Lipinski definition) is 0. The second kappa shape index (κ2) is 8.10. The van der Waals surface area contributed by atoms with E-state index in [4.69, 9.17) is 18.6 Å². The molecule has 0 amide bonds. The smallest absolute Gasteiger partial charge is 0.383 e. The van der Waals surface area contributed by atoms with E-state index >= 15 is 0 Å². The second-order valence-electron chi connectivity index (χ2n) is 6.64. The van der Waals surface area contributed by atoms with E-state index in [1.54, 1.807) is 6.07 Å². The zero-order chi connectivity index (χ0) is 18.4. The van der Waals surface area contributed by atoms with Gasteiger partial charge in [-0.15, -0.1) is 0 Å². The number of ether oxygens (including phenoxy) is 3. The number of rotatable bonds is 7. The first-order chi connectivity index (χ1) is 11.9. The monoisotopic (exact) mass is 346 g/mol. The summed E-state index contributed by atoms with van der Waals surface area (Å²) in [7, 11) is 1.43. The number of hydrogen-bond acceptors (Lipinski definition) is 5. The fourth-order valence-electron chi connectivity index (χ4n) is 2.39. The summed E-state index contributed by atoms with van der Waals surface area (Å²) in [5, 5.41) is 0.678. The van der Waals surface area contributed by atoms with E-state index in [2.05, 4.69) is 19.1 Å². The molecular weight excluding hydrogens is 320 g/mol. The van der Waals surface area contributed by atoms with E-state index < -0.39 is 5.63 Å². The predicted molar refractivity (Wildman–Crippen MR) is 99.0 cm³/mol. The van der Waals surface area contributed by atoms with E-state index in [1.807, 2.05) is 32.9 Å². The van der Waals surface area contributed by atoms with Gasteiger partial charge in [0.15, 0.2) is 5.75 Å². The van der Waals surface area contributed by atoms with Gasteiger partial charge in [-0.1, -0.05) is 19.1 Å². The summed E-state index contributed by atoms with van der Waals surface area (Å²) in [4.78, 5) is 12.2. The number of fused-ring (bicyclic) bond motifs is 1. The summed E-state index contributed by atoms with van der Waals surface area (Å²) in [6.07, 6.45) is 5.87. The molecule has 2 aromatic rings. The topological polar surface area (TPSA) is 57.9 Å². The molecule has 0 saturated carbocycles. The van der Waals surface area contributed by atoms with Crippen LogP contribution in [0.4, 0.5) is 0 Å². The van der Waals surface area contributed by atoms with Crippen LogP contribution in [0.25, 0.3) is 11.0 Å². The molecule has 5 heteroatoms. The van der Waals surface area contributed by atoms with Crippen LogP contribution in [0, 0.1) is 0 Å². The third kappa shape index (κ3) is 5.02. The fraction of sp³-hybridized carbons (Fsp3) is 0.450. The Kier molecular flexibility index (Phi) is 6.12. The zero-order valence-electron chi connectivity index (χ0n) is 15.5. The van der Waals surface area contributed by atoms with Gasteiger partial charge in [-0.2, -0.15) is 0 Å². The third-order valence-electron chi connectivity index (χ3n) is 3.35. The van der Waals surface area contributed by atoms with Gasteiger partial charge in [-0.3, -0.25) is 0 Å². The minimum Gasteiger partial charge on any atom is -0.488 e. The average Bonchev–Trinajstić information content (AvgIpc) is 2.52. The lowest BCUT2D eigenvalue weighted by atomic mass is 10.1. The lowest BCUT2D eigenvalue weighted by Gasteiger charge is -2.21. The molecular formula is C20H26O5. The molecule has 0 saturated heterocycles. The van der Waals surface area contributed by atoms with Crippen LogP contribution in [-0.2, 0) is 0 Å². The highest BCUT2D eigenvalue weighted by Gasteiger charge is 2.19. The highest BCUT2D eigenvalue weighted by molar-refractivity contribution is 5.86. The highest BCUT2D eigenvalue weighted by atomic mass is 16.5. The van der Waals surface area contributed by atoms with Crippen molar-refractivity contribution in [3.8, 4) is 17.2 Å². The van der Waals surface area contributed by atoms with Gasteiger partial charge in [-0.25, -0.2) is 4.79 Å². The Morgan fingerprint density at radius 2 is 1.92 bits per heavy atom. The van der Waals surface area contributed by atoms with Gasteiger partial charge in [0.25, 0.3) is 0 Å². The molecule has 0 atom stereocenters. The van der Waals surface area contributed by atoms with Crippen LogP contribution in [0.3, 0.4) is 0 Å². The first-order valence-electron chi connectivity index (χ1n) is 8.47. The molecule has 0 bridgehead atoms. The van der Waals surface area contributed by atoms with Crippen molar-refractivity contribution in [3.63, 3.8) is 0 Å². The fourth-order valence-corrected chi connectivity index (χ4v) is 2.39. The van der Waals surface area contributed by atoms with E-state index in [-0.39, 0.29) is 11.4 Å². The van der Waals surface area contributed by atoms with Crippen molar-refractivity contribution in [3.05, 3.63) is 40.8 Å². The van der Waals surface area contributed by atoms with Crippen molar-refractivity contribution in [1.29, 1.82) is 0 Å². The Bertz CT molecular complexity index is 796. The van der Waals surface area contributed by atoms with Crippen LogP contribution in [0.1, 0.15) is 40.5 Å². The molecule has 0 fully saturated rings. The minimum atomic E-state index is -0.568. The normalized spacial score (nSPS) is 11.9. The maximum absolute atomic E-state index is 12.2. The van der Waals surface area contributed by atoms with Crippen molar-refractivity contribution < 1.29 is 18.6 Å². The van der Waals surface area contributed by atoms with Crippen molar-refractivity contribution >= 4 is 11.0 Å². The van der Waals surface area contributed by atoms with E-state index in [0.717, 1.165) is 12.8 Å². The Hall–Kier alpha value is -2.43. The van der Waals surface area contributed by atoms with Crippen LogP contribution >= 0.6 is 0 Å². The van der Waals surface area contributed by atoms with Gasteiger partial charge in [0.2, 0.25) is 5.75 Å². The van der Waals surface area contributed by atoms with Crippen molar-refractivity contribution in [2.75, 3.05) is 13.7 Å². The van der Waals surface area contributed by atoms with Crippen molar-refractivity contribution in [2.24, 2.45) is 0 Å². The largest absolute Gasteiger partial charge is 0.488 e. The first-order valence-corrected chi connectivity index (χ1v) is 8.47. The molecule has 0 aliphatic rings. The maximum atomic E-state index is 12.2. The molecule has 5 nitrogen and oxygen atoms in total. The Labute approximate surface area is 148 Å². The van der Waals surface area contributed by atoms with Gasteiger partial charge >= 0.3 is 5.63 Å². The predicted octanol–water partition coefficient (Wildman–Crippen LogP) is 4.71. The third-order valence-corrected chi connectivity index (χ3v) is 3.35. The number of benzene rings is 1. The summed E-state index contributed by atoms with van der Waals surface area (Å²) >= 11 is 0. The molecule has 0 radical (unpaired) electrons.